The molecule has 4 nitrogen and oxygen atoms in total. The Hall–Kier alpha value is -1.86. The second-order valence-electron chi connectivity index (χ2n) is 8.30. The highest BCUT2D eigenvalue weighted by Crippen LogP contribution is 2.42. The van der Waals surface area contributed by atoms with E-state index in [1.165, 1.54) is 31.2 Å². The number of carbonyl (C=O) groups excluding carboxylic acids is 1. The maximum atomic E-state index is 12.2. The molecule has 2 saturated heterocycles. The molecule has 25 heavy (non-hydrogen) atoms. The lowest BCUT2D eigenvalue weighted by atomic mass is 9.72. The zero-order valence-corrected chi connectivity index (χ0v) is 14.9. The van der Waals surface area contributed by atoms with E-state index in [2.05, 4.69) is 28.0 Å². The van der Waals surface area contributed by atoms with Crippen molar-refractivity contribution in [3.05, 3.63) is 35.4 Å². The van der Waals surface area contributed by atoms with E-state index in [1.807, 2.05) is 12.1 Å². The van der Waals surface area contributed by atoms with E-state index in [0.29, 0.717) is 11.3 Å². The fraction of sp³-hybridized carbons (Fsp3) is 0.619. The van der Waals surface area contributed by atoms with Gasteiger partial charge in [-0.3, -0.25) is 9.69 Å². The predicted molar refractivity (Wildman–Crippen MR) is 96.6 cm³/mol. The van der Waals surface area contributed by atoms with E-state index in [1.54, 1.807) is 0 Å². The number of benzene rings is 1. The Labute approximate surface area is 150 Å². The molecule has 1 aromatic rings. The lowest BCUT2D eigenvalue weighted by Crippen LogP contribution is -2.51. The highest BCUT2D eigenvalue weighted by atomic mass is 16.2. The molecule has 1 spiro atoms. The van der Waals surface area contributed by atoms with Gasteiger partial charge in [-0.25, -0.2) is 0 Å². The molecule has 2 heterocycles. The molecule has 1 aromatic carbocycles. The summed E-state index contributed by atoms with van der Waals surface area (Å²) < 4.78 is 0. The van der Waals surface area contributed by atoms with Crippen LogP contribution in [0.2, 0.25) is 0 Å². The molecule has 4 heteroatoms. The fourth-order valence-corrected chi connectivity index (χ4v) is 4.42. The summed E-state index contributed by atoms with van der Waals surface area (Å²) in [6, 6.07) is 10.1. The summed E-state index contributed by atoms with van der Waals surface area (Å²) in [5.74, 6) is 1.17. The number of rotatable bonds is 4. The minimum Gasteiger partial charge on any atom is -0.342 e. The van der Waals surface area contributed by atoms with Gasteiger partial charge in [0.05, 0.1) is 11.6 Å². The lowest BCUT2D eigenvalue weighted by molar-refractivity contribution is -0.139. The van der Waals surface area contributed by atoms with E-state index >= 15 is 0 Å². The Balaban J connectivity index is 1.32. The van der Waals surface area contributed by atoms with Crippen LogP contribution in [0.4, 0.5) is 0 Å². The summed E-state index contributed by atoms with van der Waals surface area (Å²) in [5.41, 5.74) is 2.37. The van der Waals surface area contributed by atoms with Crippen molar-refractivity contribution in [3.63, 3.8) is 0 Å². The Bertz CT molecular complexity index is 663. The van der Waals surface area contributed by atoms with Gasteiger partial charge in [0, 0.05) is 26.1 Å². The number of piperidine rings is 2. The SMILES string of the molecule is N#Cc1ccc(CN2CCC3(CCC(=O)N(CC4CC4)C3)CC2)cc1. The average molecular weight is 337 g/mol. The highest BCUT2D eigenvalue weighted by molar-refractivity contribution is 5.77. The second kappa shape index (κ2) is 6.80. The molecule has 0 aromatic heterocycles. The molecular weight excluding hydrogens is 310 g/mol. The largest absolute Gasteiger partial charge is 0.342 e. The number of carbonyl (C=O) groups is 1. The smallest absolute Gasteiger partial charge is 0.222 e. The Morgan fingerprint density at radius 2 is 1.84 bits per heavy atom. The van der Waals surface area contributed by atoms with Crippen LogP contribution in [-0.4, -0.2) is 41.9 Å². The number of amides is 1. The molecular formula is C21H27N3O. The first-order valence-electron chi connectivity index (χ1n) is 9.65. The molecule has 1 saturated carbocycles. The van der Waals surface area contributed by atoms with Gasteiger partial charge in [0.15, 0.2) is 0 Å². The second-order valence-corrected chi connectivity index (χ2v) is 8.30. The van der Waals surface area contributed by atoms with Crippen LogP contribution in [0.1, 0.15) is 49.7 Å². The van der Waals surface area contributed by atoms with Crippen LogP contribution >= 0.6 is 0 Å². The van der Waals surface area contributed by atoms with Crippen LogP contribution in [0.25, 0.3) is 0 Å². The van der Waals surface area contributed by atoms with Crippen LogP contribution < -0.4 is 0 Å². The van der Waals surface area contributed by atoms with Gasteiger partial charge in [-0.1, -0.05) is 12.1 Å². The van der Waals surface area contributed by atoms with Gasteiger partial charge in [-0.15, -0.1) is 0 Å². The molecule has 1 amide bonds. The third-order valence-electron chi connectivity index (χ3n) is 6.33. The quantitative estimate of drug-likeness (QED) is 0.848. The van der Waals surface area contributed by atoms with Crippen LogP contribution in [0.15, 0.2) is 24.3 Å². The van der Waals surface area contributed by atoms with Crippen LogP contribution in [0.5, 0.6) is 0 Å². The van der Waals surface area contributed by atoms with Crippen molar-refractivity contribution in [2.24, 2.45) is 11.3 Å². The standard InChI is InChI=1S/C21H27N3O/c22-13-17-1-3-18(4-2-17)14-23-11-9-21(10-12-23)8-7-20(25)24(16-21)15-19-5-6-19/h1-4,19H,5-12,14-16H2. The van der Waals surface area contributed by atoms with Crippen molar-refractivity contribution in [1.82, 2.24) is 9.80 Å². The van der Waals surface area contributed by atoms with Gasteiger partial charge in [0.2, 0.25) is 5.91 Å². The summed E-state index contributed by atoms with van der Waals surface area (Å²) >= 11 is 0. The van der Waals surface area contributed by atoms with Gasteiger partial charge in [-0.2, -0.15) is 5.26 Å². The number of nitrogens with zero attached hydrogens (tertiary/aromatic N) is 3. The first kappa shape index (κ1) is 16.6. The number of hydrogen-bond acceptors (Lipinski definition) is 3. The number of likely N-dealkylation sites (tertiary alicyclic amines) is 2. The number of hydrogen-bond donors (Lipinski definition) is 0. The maximum absolute atomic E-state index is 12.2. The molecule has 3 fully saturated rings. The summed E-state index contributed by atoms with van der Waals surface area (Å²) in [4.78, 5) is 16.9. The van der Waals surface area contributed by atoms with E-state index in [9.17, 15) is 4.79 Å². The van der Waals surface area contributed by atoms with Gasteiger partial charge in [-0.05, 0) is 74.2 Å². The predicted octanol–water partition coefficient (Wildman–Crippen LogP) is 3.17. The molecule has 1 aliphatic carbocycles. The fourth-order valence-electron chi connectivity index (χ4n) is 4.42. The van der Waals surface area contributed by atoms with Crippen molar-refractivity contribution >= 4 is 5.91 Å². The Kier molecular flexibility index (Phi) is 4.52. The third kappa shape index (κ3) is 3.88. The molecule has 0 bridgehead atoms. The van der Waals surface area contributed by atoms with Crippen molar-refractivity contribution in [2.45, 2.75) is 45.1 Å². The third-order valence-corrected chi connectivity index (χ3v) is 6.33. The van der Waals surface area contributed by atoms with E-state index in [4.69, 9.17) is 5.26 Å². The zero-order chi connectivity index (χ0) is 17.3. The van der Waals surface area contributed by atoms with Crippen LogP contribution in [0.3, 0.4) is 0 Å². The Morgan fingerprint density at radius 1 is 1.12 bits per heavy atom. The molecule has 3 aliphatic rings. The molecule has 0 radical (unpaired) electrons. The van der Waals surface area contributed by atoms with Crippen molar-refractivity contribution < 1.29 is 4.79 Å². The van der Waals surface area contributed by atoms with Crippen LogP contribution in [-0.2, 0) is 11.3 Å². The minimum atomic E-state index is 0.365. The van der Waals surface area contributed by atoms with Crippen molar-refractivity contribution in [3.8, 4) is 6.07 Å². The Morgan fingerprint density at radius 3 is 2.48 bits per heavy atom. The monoisotopic (exact) mass is 337 g/mol. The van der Waals surface area contributed by atoms with Gasteiger partial charge < -0.3 is 4.90 Å². The summed E-state index contributed by atoms with van der Waals surface area (Å²) in [5, 5.41) is 8.90. The van der Waals surface area contributed by atoms with Crippen molar-refractivity contribution in [2.75, 3.05) is 26.2 Å². The van der Waals surface area contributed by atoms with E-state index < -0.39 is 0 Å². The van der Waals surface area contributed by atoms with E-state index in [-0.39, 0.29) is 0 Å². The van der Waals surface area contributed by atoms with E-state index in [0.717, 1.165) is 57.0 Å². The summed E-state index contributed by atoms with van der Waals surface area (Å²) in [6.45, 7) is 5.20. The average Bonchev–Trinajstić information content (AvgIpc) is 3.45. The molecule has 4 rings (SSSR count). The normalized spacial score (nSPS) is 23.6. The number of nitriles is 1. The molecule has 132 valence electrons. The first-order chi connectivity index (χ1) is 12.2. The molecule has 0 unspecified atom stereocenters. The summed E-state index contributed by atoms with van der Waals surface area (Å²) in [6.07, 6.45) is 6.87. The lowest BCUT2D eigenvalue weighted by Gasteiger charge is -2.47. The summed E-state index contributed by atoms with van der Waals surface area (Å²) in [7, 11) is 0. The maximum Gasteiger partial charge on any atom is 0.222 e. The topological polar surface area (TPSA) is 47.3 Å². The van der Waals surface area contributed by atoms with Crippen LogP contribution in [0, 0.1) is 22.7 Å². The van der Waals surface area contributed by atoms with Gasteiger partial charge in [0.1, 0.15) is 0 Å². The van der Waals surface area contributed by atoms with Crippen molar-refractivity contribution in [1.29, 1.82) is 5.26 Å². The molecule has 2 aliphatic heterocycles. The minimum absolute atomic E-state index is 0.365. The molecule has 0 atom stereocenters. The zero-order valence-electron chi connectivity index (χ0n) is 14.9. The highest BCUT2D eigenvalue weighted by Gasteiger charge is 2.42. The van der Waals surface area contributed by atoms with Gasteiger partial charge >= 0.3 is 0 Å². The first-order valence-corrected chi connectivity index (χ1v) is 9.65. The van der Waals surface area contributed by atoms with Gasteiger partial charge in [0.25, 0.3) is 0 Å². The molecule has 0 N–H and O–H groups in total.